The van der Waals surface area contributed by atoms with Gasteiger partial charge in [-0.1, -0.05) is 26.0 Å². The molecule has 0 radical (unpaired) electrons. The second-order valence-electron chi connectivity index (χ2n) is 5.82. The number of aryl methyl sites for hydroxylation is 1. The molecule has 0 aliphatic carbocycles. The second-order valence-corrected chi connectivity index (χ2v) is 6.73. The van der Waals surface area contributed by atoms with Gasteiger partial charge in [-0.05, 0) is 30.5 Å². The summed E-state index contributed by atoms with van der Waals surface area (Å²) in [5, 5.41) is 1.97. The molecular formula is C17H19N3OS. The third-order valence-corrected chi connectivity index (χ3v) is 4.59. The summed E-state index contributed by atoms with van der Waals surface area (Å²) in [5.41, 5.74) is 8.38. The first-order valence-electron chi connectivity index (χ1n) is 7.41. The number of rotatable bonds is 5. The van der Waals surface area contributed by atoms with Crippen LogP contribution in [0.25, 0.3) is 16.7 Å². The average molecular weight is 313 g/mol. The van der Waals surface area contributed by atoms with Crippen molar-refractivity contribution in [3.05, 3.63) is 46.4 Å². The van der Waals surface area contributed by atoms with E-state index in [0.717, 1.165) is 35.4 Å². The van der Waals surface area contributed by atoms with Gasteiger partial charge in [0.2, 0.25) is 0 Å². The lowest BCUT2D eigenvalue weighted by atomic mass is 10.1. The molecule has 0 unspecified atom stereocenters. The number of carbonyl (C=O) groups is 1. The fourth-order valence-corrected chi connectivity index (χ4v) is 3.25. The number of primary amides is 1. The van der Waals surface area contributed by atoms with Crippen LogP contribution < -0.4 is 5.73 Å². The Kier molecular flexibility index (Phi) is 3.98. The van der Waals surface area contributed by atoms with Gasteiger partial charge in [0, 0.05) is 11.8 Å². The van der Waals surface area contributed by atoms with Gasteiger partial charge in [-0.3, -0.25) is 9.36 Å². The quantitative estimate of drug-likeness (QED) is 0.779. The summed E-state index contributed by atoms with van der Waals surface area (Å²) < 4.78 is 2.14. The van der Waals surface area contributed by atoms with Crippen LogP contribution in [0.3, 0.4) is 0 Å². The Morgan fingerprint density at radius 3 is 2.82 bits per heavy atom. The van der Waals surface area contributed by atoms with Gasteiger partial charge in [0.05, 0.1) is 21.6 Å². The van der Waals surface area contributed by atoms with Gasteiger partial charge < -0.3 is 5.73 Å². The van der Waals surface area contributed by atoms with E-state index in [2.05, 4.69) is 24.5 Å². The van der Waals surface area contributed by atoms with E-state index in [1.807, 2.05) is 29.6 Å². The Hall–Kier alpha value is -2.14. The highest BCUT2D eigenvalue weighted by Crippen LogP contribution is 2.26. The molecule has 0 fully saturated rings. The molecule has 2 N–H and O–H groups in total. The molecule has 0 saturated carbocycles. The van der Waals surface area contributed by atoms with E-state index in [1.54, 1.807) is 0 Å². The predicted molar refractivity (Wildman–Crippen MR) is 90.6 cm³/mol. The zero-order chi connectivity index (χ0) is 15.7. The average Bonchev–Trinajstić information content (AvgIpc) is 3.08. The van der Waals surface area contributed by atoms with E-state index in [-0.39, 0.29) is 5.91 Å². The number of para-hydroxylation sites is 2. The van der Waals surface area contributed by atoms with E-state index in [1.165, 1.54) is 11.3 Å². The summed E-state index contributed by atoms with van der Waals surface area (Å²) in [5.74, 6) is 1.27. The zero-order valence-electron chi connectivity index (χ0n) is 12.7. The molecule has 22 heavy (non-hydrogen) atoms. The monoisotopic (exact) mass is 313 g/mol. The number of imidazole rings is 1. The Labute approximate surface area is 133 Å². The lowest BCUT2D eigenvalue weighted by Gasteiger charge is -2.08. The van der Waals surface area contributed by atoms with Crippen molar-refractivity contribution >= 4 is 28.3 Å². The first-order valence-corrected chi connectivity index (χ1v) is 8.29. The van der Waals surface area contributed by atoms with Gasteiger partial charge in [0.15, 0.2) is 0 Å². The van der Waals surface area contributed by atoms with Crippen LogP contribution in [0.4, 0.5) is 0 Å². The van der Waals surface area contributed by atoms with Crippen molar-refractivity contribution < 1.29 is 4.79 Å². The Balaban J connectivity index is 2.11. The SMILES string of the molecule is CC(C)CCc1nc2ccccc2n1-c1csc(C(N)=O)c1. The normalized spacial score (nSPS) is 11.4. The van der Waals surface area contributed by atoms with Crippen molar-refractivity contribution in [3.63, 3.8) is 0 Å². The first kappa shape index (κ1) is 14.8. The number of hydrogen-bond acceptors (Lipinski definition) is 3. The van der Waals surface area contributed by atoms with Gasteiger partial charge in [-0.2, -0.15) is 0 Å². The third kappa shape index (κ3) is 2.76. The molecule has 2 aromatic heterocycles. The molecule has 0 aliphatic heterocycles. The first-order chi connectivity index (χ1) is 10.6. The maximum absolute atomic E-state index is 11.4. The van der Waals surface area contributed by atoms with E-state index in [0.29, 0.717) is 10.8 Å². The fraction of sp³-hybridized carbons (Fsp3) is 0.294. The topological polar surface area (TPSA) is 60.9 Å². The Morgan fingerprint density at radius 1 is 1.36 bits per heavy atom. The lowest BCUT2D eigenvalue weighted by molar-refractivity contribution is 0.100. The number of fused-ring (bicyclic) bond motifs is 1. The number of aromatic nitrogens is 2. The van der Waals surface area contributed by atoms with Gasteiger partial charge in [-0.15, -0.1) is 11.3 Å². The van der Waals surface area contributed by atoms with E-state index >= 15 is 0 Å². The molecule has 0 saturated heterocycles. The van der Waals surface area contributed by atoms with Crippen LogP contribution in [0.1, 0.15) is 35.8 Å². The lowest BCUT2D eigenvalue weighted by Crippen LogP contribution is -2.08. The highest BCUT2D eigenvalue weighted by Gasteiger charge is 2.15. The molecule has 114 valence electrons. The highest BCUT2D eigenvalue weighted by atomic mass is 32.1. The van der Waals surface area contributed by atoms with Crippen molar-refractivity contribution in [2.45, 2.75) is 26.7 Å². The number of thiophene rings is 1. The maximum atomic E-state index is 11.4. The Morgan fingerprint density at radius 2 is 2.14 bits per heavy atom. The van der Waals surface area contributed by atoms with Crippen LogP contribution >= 0.6 is 11.3 Å². The zero-order valence-corrected chi connectivity index (χ0v) is 13.6. The molecule has 0 aliphatic rings. The van der Waals surface area contributed by atoms with Gasteiger partial charge >= 0.3 is 0 Å². The number of carbonyl (C=O) groups excluding carboxylic acids is 1. The van der Waals surface area contributed by atoms with Gasteiger partial charge in [0.1, 0.15) is 5.82 Å². The molecule has 0 spiro atoms. The molecule has 0 bridgehead atoms. The van der Waals surface area contributed by atoms with Crippen LogP contribution in [0.2, 0.25) is 0 Å². The molecule has 1 amide bonds. The number of hydrogen-bond donors (Lipinski definition) is 1. The molecule has 4 nitrogen and oxygen atoms in total. The van der Waals surface area contributed by atoms with Crippen molar-refractivity contribution in [2.75, 3.05) is 0 Å². The summed E-state index contributed by atoms with van der Waals surface area (Å²) in [4.78, 5) is 16.7. The fourth-order valence-electron chi connectivity index (χ4n) is 2.52. The van der Waals surface area contributed by atoms with Crippen LogP contribution in [-0.4, -0.2) is 15.5 Å². The number of nitrogens with zero attached hydrogens (tertiary/aromatic N) is 2. The summed E-state index contributed by atoms with van der Waals surface area (Å²) in [6, 6.07) is 9.93. The minimum Gasteiger partial charge on any atom is -0.365 e. The molecule has 2 heterocycles. The number of benzene rings is 1. The second kappa shape index (κ2) is 5.93. The van der Waals surface area contributed by atoms with Gasteiger partial charge in [-0.25, -0.2) is 4.98 Å². The Bertz CT molecular complexity index is 816. The molecule has 1 aromatic carbocycles. The van der Waals surface area contributed by atoms with E-state index in [4.69, 9.17) is 10.7 Å². The van der Waals surface area contributed by atoms with Crippen LogP contribution in [0.15, 0.2) is 35.7 Å². The van der Waals surface area contributed by atoms with Crippen molar-refractivity contribution in [3.8, 4) is 5.69 Å². The summed E-state index contributed by atoms with van der Waals surface area (Å²) in [7, 11) is 0. The predicted octanol–water partition coefficient (Wildman–Crippen LogP) is 3.77. The standard InChI is InChI=1S/C17H19N3OS/c1-11(2)7-8-16-19-13-5-3-4-6-14(13)20(16)12-9-15(17(18)21)22-10-12/h3-6,9-11H,7-8H2,1-2H3,(H2,18,21). The molecule has 5 heteroatoms. The minimum absolute atomic E-state index is 0.385. The van der Waals surface area contributed by atoms with Crippen LogP contribution in [0, 0.1) is 5.92 Å². The largest absolute Gasteiger partial charge is 0.365 e. The molecule has 0 atom stereocenters. The van der Waals surface area contributed by atoms with E-state index < -0.39 is 0 Å². The molecule has 3 aromatic rings. The van der Waals surface area contributed by atoms with Crippen molar-refractivity contribution in [1.82, 2.24) is 9.55 Å². The smallest absolute Gasteiger partial charge is 0.258 e. The van der Waals surface area contributed by atoms with E-state index in [9.17, 15) is 4.79 Å². The third-order valence-electron chi connectivity index (χ3n) is 3.66. The molecule has 3 rings (SSSR count). The summed E-state index contributed by atoms with van der Waals surface area (Å²) in [6.07, 6.45) is 1.99. The highest BCUT2D eigenvalue weighted by molar-refractivity contribution is 7.12. The van der Waals surface area contributed by atoms with Crippen LogP contribution in [0.5, 0.6) is 0 Å². The maximum Gasteiger partial charge on any atom is 0.258 e. The summed E-state index contributed by atoms with van der Waals surface area (Å²) in [6.45, 7) is 4.42. The molecular weight excluding hydrogens is 294 g/mol. The summed E-state index contributed by atoms with van der Waals surface area (Å²) >= 11 is 1.37. The van der Waals surface area contributed by atoms with Gasteiger partial charge in [0.25, 0.3) is 5.91 Å². The van der Waals surface area contributed by atoms with Crippen LogP contribution in [-0.2, 0) is 6.42 Å². The minimum atomic E-state index is -0.385. The number of nitrogens with two attached hydrogens (primary N) is 1. The number of amides is 1. The van der Waals surface area contributed by atoms with Crippen molar-refractivity contribution in [1.29, 1.82) is 0 Å². The van der Waals surface area contributed by atoms with Crippen molar-refractivity contribution in [2.24, 2.45) is 11.7 Å².